The fraction of sp³-hybridized carbons (Fsp3) is 0.550. The van der Waals surface area contributed by atoms with Crippen molar-refractivity contribution in [1.82, 2.24) is 15.5 Å². The summed E-state index contributed by atoms with van der Waals surface area (Å²) < 4.78 is 0. The van der Waals surface area contributed by atoms with E-state index >= 15 is 0 Å². The lowest BCUT2D eigenvalue weighted by Gasteiger charge is -2.32. The predicted molar refractivity (Wildman–Crippen MR) is 100 cm³/mol. The Labute approximate surface area is 155 Å². The van der Waals surface area contributed by atoms with Crippen molar-refractivity contribution in [3.05, 3.63) is 35.9 Å². The molecule has 0 aromatic heterocycles. The van der Waals surface area contributed by atoms with Crippen molar-refractivity contribution in [2.45, 2.75) is 52.1 Å². The van der Waals surface area contributed by atoms with Gasteiger partial charge in [0.2, 0.25) is 17.7 Å². The van der Waals surface area contributed by atoms with Gasteiger partial charge in [-0.25, -0.2) is 0 Å². The Kier molecular flexibility index (Phi) is 7.18. The van der Waals surface area contributed by atoms with Crippen LogP contribution in [-0.2, 0) is 14.4 Å². The first-order valence-electron chi connectivity index (χ1n) is 9.27. The molecular formula is C20H29N3O3. The van der Waals surface area contributed by atoms with Gasteiger partial charge in [0, 0.05) is 32.0 Å². The van der Waals surface area contributed by atoms with E-state index in [4.69, 9.17) is 0 Å². The van der Waals surface area contributed by atoms with Crippen molar-refractivity contribution in [2.75, 3.05) is 13.1 Å². The summed E-state index contributed by atoms with van der Waals surface area (Å²) in [7, 11) is 0. The maximum Gasteiger partial charge on any atom is 0.224 e. The molecule has 3 amide bonds. The Morgan fingerprint density at radius 2 is 1.69 bits per heavy atom. The Morgan fingerprint density at radius 3 is 2.23 bits per heavy atom. The monoisotopic (exact) mass is 359 g/mol. The van der Waals surface area contributed by atoms with E-state index in [0.29, 0.717) is 25.9 Å². The molecule has 1 fully saturated rings. The second kappa shape index (κ2) is 9.36. The molecule has 1 aliphatic rings. The molecule has 1 atom stereocenters. The topological polar surface area (TPSA) is 78.5 Å². The van der Waals surface area contributed by atoms with Gasteiger partial charge in [-0.05, 0) is 32.3 Å². The van der Waals surface area contributed by atoms with Crippen molar-refractivity contribution in [3.8, 4) is 0 Å². The molecule has 1 aromatic rings. The summed E-state index contributed by atoms with van der Waals surface area (Å²) in [6, 6.07) is 9.33. The smallest absolute Gasteiger partial charge is 0.224 e. The lowest BCUT2D eigenvalue weighted by atomic mass is 9.94. The zero-order valence-electron chi connectivity index (χ0n) is 15.8. The number of nitrogens with one attached hydrogen (secondary N) is 2. The van der Waals surface area contributed by atoms with E-state index in [9.17, 15) is 14.4 Å². The minimum Gasteiger partial charge on any atom is -0.354 e. The molecule has 6 nitrogen and oxygen atoms in total. The first kappa shape index (κ1) is 19.9. The number of benzene rings is 1. The highest BCUT2D eigenvalue weighted by Crippen LogP contribution is 2.22. The standard InChI is InChI=1S/C20H29N3O3/c1-14(2)21-20(26)17-9-11-23(12-10-17)19(25)13-18(22-15(3)24)16-7-5-4-6-8-16/h4-8,14,17-18H,9-13H2,1-3H3,(H,21,26)(H,22,24). The number of hydrogen-bond donors (Lipinski definition) is 2. The van der Waals surface area contributed by atoms with Crippen LogP contribution in [0.3, 0.4) is 0 Å². The van der Waals surface area contributed by atoms with Gasteiger partial charge in [0.15, 0.2) is 0 Å². The summed E-state index contributed by atoms with van der Waals surface area (Å²) in [6.07, 6.45) is 1.59. The van der Waals surface area contributed by atoms with E-state index in [1.54, 1.807) is 4.90 Å². The first-order valence-corrected chi connectivity index (χ1v) is 9.27. The third-order valence-electron chi connectivity index (χ3n) is 4.61. The van der Waals surface area contributed by atoms with E-state index in [1.165, 1.54) is 6.92 Å². The largest absolute Gasteiger partial charge is 0.354 e. The first-order chi connectivity index (χ1) is 12.4. The summed E-state index contributed by atoms with van der Waals surface area (Å²) in [5.74, 6) is -0.0970. The van der Waals surface area contributed by atoms with E-state index in [1.807, 2.05) is 44.2 Å². The van der Waals surface area contributed by atoms with E-state index in [-0.39, 0.29) is 42.1 Å². The molecule has 1 heterocycles. The maximum absolute atomic E-state index is 12.7. The second-order valence-electron chi connectivity index (χ2n) is 7.19. The van der Waals surface area contributed by atoms with Gasteiger partial charge in [0.05, 0.1) is 12.5 Å². The molecule has 26 heavy (non-hydrogen) atoms. The third-order valence-corrected chi connectivity index (χ3v) is 4.61. The molecular weight excluding hydrogens is 330 g/mol. The fourth-order valence-electron chi connectivity index (χ4n) is 3.28. The van der Waals surface area contributed by atoms with E-state index in [2.05, 4.69) is 10.6 Å². The highest BCUT2D eigenvalue weighted by atomic mass is 16.2. The van der Waals surface area contributed by atoms with Crippen LogP contribution in [0, 0.1) is 5.92 Å². The van der Waals surface area contributed by atoms with Crippen LogP contribution in [0.1, 0.15) is 51.6 Å². The van der Waals surface area contributed by atoms with Gasteiger partial charge in [-0.15, -0.1) is 0 Å². The van der Waals surface area contributed by atoms with Gasteiger partial charge < -0.3 is 15.5 Å². The second-order valence-corrected chi connectivity index (χ2v) is 7.19. The molecule has 6 heteroatoms. The van der Waals surface area contributed by atoms with Crippen LogP contribution < -0.4 is 10.6 Å². The molecule has 1 saturated heterocycles. The number of nitrogens with zero attached hydrogens (tertiary/aromatic N) is 1. The van der Waals surface area contributed by atoms with Gasteiger partial charge in [-0.3, -0.25) is 14.4 Å². The van der Waals surface area contributed by atoms with Crippen molar-refractivity contribution >= 4 is 17.7 Å². The quantitative estimate of drug-likeness (QED) is 0.816. The number of piperidine rings is 1. The van der Waals surface area contributed by atoms with E-state index < -0.39 is 0 Å². The number of amides is 3. The van der Waals surface area contributed by atoms with Crippen LogP contribution in [0.25, 0.3) is 0 Å². The van der Waals surface area contributed by atoms with Crippen LogP contribution in [0.4, 0.5) is 0 Å². The number of rotatable bonds is 6. The molecule has 1 unspecified atom stereocenters. The minimum absolute atomic E-state index is 0.00956. The van der Waals surface area contributed by atoms with E-state index in [0.717, 1.165) is 5.56 Å². The minimum atomic E-state index is -0.330. The average Bonchev–Trinajstić information content (AvgIpc) is 2.61. The van der Waals surface area contributed by atoms with Crippen LogP contribution in [0.5, 0.6) is 0 Å². The molecule has 1 aliphatic heterocycles. The van der Waals surface area contributed by atoms with Gasteiger partial charge in [-0.1, -0.05) is 30.3 Å². The molecule has 0 aliphatic carbocycles. The number of carbonyl (C=O) groups is 3. The predicted octanol–water partition coefficient (Wildman–Crippen LogP) is 2.02. The molecule has 2 N–H and O–H groups in total. The van der Waals surface area contributed by atoms with Gasteiger partial charge in [0.1, 0.15) is 0 Å². The normalized spacial score (nSPS) is 16.2. The lowest BCUT2D eigenvalue weighted by Crippen LogP contribution is -2.45. The molecule has 0 spiro atoms. The summed E-state index contributed by atoms with van der Waals surface area (Å²) in [4.78, 5) is 38.1. The fourth-order valence-corrected chi connectivity index (χ4v) is 3.28. The van der Waals surface area contributed by atoms with Crippen molar-refractivity contribution in [1.29, 1.82) is 0 Å². The molecule has 1 aromatic carbocycles. The Morgan fingerprint density at radius 1 is 1.08 bits per heavy atom. The summed E-state index contributed by atoms with van der Waals surface area (Å²) in [6.45, 7) is 6.51. The Bertz CT molecular complexity index is 622. The lowest BCUT2D eigenvalue weighted by molar-refractivity contribution is -0.136. The van der Waals surface area contributed by atoms with Crippen LogP contribution in [-0.4, -0.2) is 41.8 Å². The summed E-state index contributed by atoms with van der Waals surface area (Å²) in [5.41, 5.74) is 0.919. The van der Waals surface area contributed by atoms with Crippen molar-refractivity contribution < 1.29 is 14.4 Å². The van der Waals surface area contributed by atoms with Gasteiger partial charge in [0.25, 0.3) is 0 Å². The van der Waals surface area contributed by atoms with Gasteiger partial charge >= 0.3 is 0 Å². The van der Waals surface area contributed by atoms with Crippen molar-refractivity contribution in [3.63, 3.8) is 0 Å². The Balaban J connectivity index is 1.92. The highest BCUT2D eigenvalue weighted by molar-refractivity contribution is 5.81. The number of carbonyl (C=O) groups excluding carboxylic acids is 3. The molecule has 0 bridgehead atoms. The van der Waals surface area contributed by atoms with Crippen LogP contribution in [0.15, 0.2) is 30.3 Å². The summed E-state index contributed by atoms with van der Waals surface area (Å²) in [5, 5.41) is 5.81. The molecule has 2 rings (SSSR count). The van der Waals surface area contributed by atoms with Crippen LogP contribution in [0.2, 0.25) is 0 Å². The summed E-state index contributed by atoms with van der Waals surface area (Å²) >= 11 is 0. The van der Waals surface area contributed by atoms with Crippen molar-refractivity contribution in [2.24, 2.45) is 5.92 Å². The van der Waals surface area contributed by atoms with Crippen LogP contribution >= 0.6 is 0 Å². The zero-order chi connectivity index (χ0) is 19.1. The Hall–Kier alpha value is -2.37. The van der Waals surface area contributed by atoms with Gasteiger partial charge in [-0.2, -0.15) is 0 Å². The number of hydrogen-bond acceptors (Lipinski definition) is 3. The molecule has 0 radical (unpaired) electrons. The maximum atomic E-state index is 12.7. The average molecular weight is 359 g/mol. The molecule has 142 valence electrons. The number of likely N-dealkylation sites (tertiary alicyclic amines) is 1. The highest BCUT2D eigenvalue weighted by Gasteiger charge is 2.29. The SMILES string of the molecule is CC(=O)NC(CC(=O)N1CCC(C(=O)NC(C)C)CC1)c1ccccc1. The third kappa shape index (κ3) is 5.86. The zero-order valence-corrected chi connectivity index (χ0v) is 15.8. The molecule has 0 saturated carbocycles.